The summed E-state index contributed by atoms with van der Waals surface area (Å²) >= 11 is 28.4. The summed E-state index contributed by atoms with van der Waals surface area (Å²) in [6.45, 7) is 5.68. The van der Waals surface area contributed by atoms with Crippen molar-refractivity contribution in [3.63, 3.8) is 0 Å². The Morgan fingerprint density at radius 2 is 0.960 bits per heavy atom. The van der Waals surface area contributed by atoms with E-state index in [1.54, 1.807) is 78.8 Å². The predicted octanol–water partition coefficient (Wildman–Crippen LogP) is 5.25. The summed E-state index contributed by atoms with van der Waals surface area (Å²) in [5.41, 5.74) is 39.7. The molecule has 0 saturated carbocycles. The van der Waals surface area contributed by atoms with Gasteiger partial charge in [0.2, 0.25) is 17.2 Å². The fourth-order valence-corrected chi connectivity index (χ4v) is 16.0. The van der Waals surface area contributed by atoms with Crippen LogP contribution in [0.25, 0.3) is 16.9 Å². The maximum Gasteiger partial charge on any atom is 1.00 e. The molecule has 11 aromatic heterocycles. The number of nitrogens with two attached hydrogens (primary N) is 5. The molecule has 3 aliphatic carbocycles. The topological polar surface area (TPSA) is 355 Å². The molecule has 5 radical (unpaired) electrons. The second-order valence-electron chi connectivity index (χ2n) is 23.7. The Morgan fingerprint density at radius 1 is 0.525 bits per heavy atom. The summed E-state index contributed by atoms with van der Waals surface area (Å²) in [6.07, 6.45) is 37.1. The van der Waals surface area contributed by atoms with E-state index in [2.05, 4.69) is 150 Å². The number of rotatable bonds is 4. The Hall–Kier alpha value is -5.54. The van der Waals surface area contributed by atoms with Gasteiger partial charge in [-0.05, 0) is 139 Å². The number of imidazole rings is 2. The van der Waals surface area contributed by atoms with Gasteiger partial charge in [0.1, 0.15) is 18.0 Å². The zero-order chi connectivity index (χ0) is 67.3. The monoisotopic (exact) mass is 1660 g/mol. The predicted molar refractivity (Wildman–Crippen MR) is 405 cm³/mol. The molecular formula is C62H70B3Cl3I2N26NaS2. The van der Waals surface area contributed by atoms with Crippen molar-refractivity contribution in [2.75, 3.05) is 60.5 Å². The summed E-state index contributed by atoms with van der Waals surface area (Å²) in [6, 6.07) is 3.44. The van der Waals surface area contributed by atoms with Crippen LogP contribution >= 0.6 is 91.7 Å². The molecule has 0 unspecified atom stereocenters. The minimum absolute atomic E-state index is 0. The number of nitrogens with zero attached hydrogens (tertiary/aromatic N) is 20. The number of anilines is 4. The van der Waals surface area contributed by atoms with Crippen molar-refractivity contribution >= 4 is 167 Å². The van der Waals surface area contributed by atoms with Crippen molar-refractivity contribution in [2.24, 2.45) is 33.4 Å². The first-order valence-electron chi connectivity index (χ1n) is 30.5. The Labute approximate surface area is 651 Å². The second-order valence-corrected chi connectivity index (χ2v) is 28.7. The molecular weight excluding hydrogens is 1590 g/mol. The van der Waals surface area contributed by atoms with Crippen LogP contribution in [0, 0.1) is 23.4 Å². The molecule has 505 valence electrons. The maximum atomic E-state index is 6.64. The number of fused-ring (bicyclic) bond motifs is 6. The van der Waals surface area contributed by atoms with Gasteiger partial charge in [-0.3, -0.25) is 38.7 Å². The maximum absolute atomic E-state index is 6.64. The Morgan fingerprint density at radius 3 is 1.44 bits per heavy atom. The van der Waals surface area contributed by atoms with Crippen LogP contribution in [-0.2, 0) is 31.9 Å². The molecule has 17 rings (SSSR count). The minimum atomic E-state index is -0.0810. The molecule has 14 heterocycles. The van der Waals surface area contributed by atoms with Gasteiger partial charge >= 0.3 is 29.6 Å². The first kappa shape index (κ1) is 77.6. The van der Waals surface area contributed by atoms with E-state index in [0.717, 1.165) is 184 Å². The molecule has 3 atom stereocenters. The summed E-state index contributed by atoms with van der Waals surface area (Å²) in [4.78, 5) is 63.2. The fourth-order valence-electron chi connectivity index (χ4n) is 13.4. The minimum Gasteiger partial charge on any atom is -0.778 e. The molecule has 99 heavy (non-hydrogen) atoms. The molecule has 3 saturated heterocycles. The summed E-state index contributed by atoms with van der Waals surface area (Å²) in [5.74, 6) is 2.37. The third kappa shape index (κ3) is 16.3. The third-order valence-electron chi connectivity index (χ3n) is 18.5. The molecule has 3 aliphatic heterocycles. The van der Waals surface area contributed by atoms with Gasteiger partial charge in [0.05, 0.1) is 74.4 Å². The first-order valence-corrected chi connectivity index (χ1v) is 35.0. The van der Waals surface area contributed by atoms with E-state index in [4.69, 9.17) is 81.1 Å². The molecule has 6 aliphatic rings. The second kappa shape index (κ2) is 34.2. The molecule has 0 aromatic carbocycles. The van der Waals surface area contributed by atoms with Gasteiger partial charge in [-0.1, -0.05) is 55.9 Å². The number of hydrogen-bond donors (Lipinski definition) is 6. The molecule has 3 fully saturated rings. The molecule has 11 N–H and O–H groups in total. The van der Waals surface area contributed by atoms with Crippen molar-refractivity contribution in [2.45, 2.75) is 105 Å². The van der Waals surface area contributed by atoms with Crippen molar-refractivity contribution in [3.8, 4) is 0 Å². The largest absolute Gasteiger partial charge is 1.00 e. The molecule has 3 spiro atoms. The zero-order valence-electron chi connectivity index (χ0n) is 52.5. The number of nitrogen functional groups attached to an aromatic ring is 2. The quantitative estimate of drug-likeness (QED) is 0.0567. The third-order valence-corrected chi connectivity index (χ3v) is 22.7. The van der Waals surface area contributed by atoms with E-state index in [-0.39, 0.29) is 78.8 Å². The fraction of sp³-hybridized carbons (Fsp3) is 0.371. The number of pyridine rings is 2. The molecule has 0 bridgehead atoms. The van der Waals surface area contributed by atoms with Crippen LogP contribution in [0.5, 0.6) is 0 Å². The zero-order valence-corrected chi connectivity index (χ0v) is 62.7. The first-order chi connectivity index (χ1) is 46.5. The van der Waals surface area contributed by atoms with E-state index >= 15 is 0 Å². The van der Waals surface area contributed by atoms with Crippen molar-refractivity contribution < 1.29 is 29.6 Å². The average molecular weight is 1660 g/mol. The summed E-state index contributed by atoms with van der Waals surface area (Å²) in [7, 11) is 10.0. The Bertz CT molecular complexity index is 4490. The van der Waals surface area contributed by atoms with Crippen LogP contribution in [0.1, 0.15) is 106 Å². The Kier molecular flexibility index (Phi) is 26.8. The number of piperidine rings is 3. The van der Waals surface area contributed by atoms with Crippen LogP contribution in [0.4, 0.5) is 23.5 Å². The van der Waals surface area contributed by atoms with Crippen LogP contribution in [0.15, 0.2) is 126 Å². The van der Waals surface area contributed by atoms with Gasteiger partial charge in [-0.25, -0.2) is 39.3 Å². The molecule has 37 heteroatoms. The number of halogens is 5. The number of hydrogen-bond acceptors (Lipinski definition) is 25. The molecule has 11 aromatic rings. The van der Waals surface area contributed by atoms with Crippen molar-refractivity contribution in [1.82, 2.24) is 93.5 Å². The van der Waals surface area contributed by atoms with E-state index in [9.17, 15) is 0 Å². The summed E-state index contributed by atoms with van der Waals surface area (Å²) < 4.78 is 7.79. The van der Waals surface area contributed by atoms with Gasteiger partial charge in [-0.2, -0.15) is 4.90 Å². The Balaban J connectivity index is 0.000000153. The molecule has 0 amide bonds. The van der Waals surface area contributed by atoms with Crippen LogP contribution in [0.2, 0.25) is 15.3 Å². The van der Waals surface area contributed by atoms with Crippen LogP contribution in [0.3, 0.4) is 0 Å². The number of nitrogens with one attached hydrogen (secondary N) is 1. The van der Waals surface area contributed by atoms with Crippen molar-refractivity contribution in [3.05, 3.63) is 168 Å². The van der Waals surface area contributed by atoms with E-state index in [1.807, 2.05) is 35.3 Å². The molecule has 26 nitrogen and oxygen atoms in total. The normalized spacial score (nSPS) is 18.4. The van der Waals surface area contributed by atoms with Gasteiger partial charge in [0.25, 0.3) is 0 Å². The van der Waals surface area contributed by atoms with E-state index < -0.39 is 0 Å². The van der Waals surface area contributed by atoms with Gasteiger partial charge < -0.3 is 56.4 Å². The van der Waals surface area contributed by atoms with E-state index in [1.165, 1.54) is 18.0 Å². The van der Waals surface area contributed by atoms with Gasteiger partial charge in [0, 0.05) is 157 Å². The van der Waals surface area contributed by atoms with Gasteiger partial charge in [0.15, 0.2) is 16.9 Å². The number of aromatic nitrogens is 18. The average Bonchev–Trinajstić information content (AvgIpc) is 1.62. The smallest absolute Gasteiger partial charge is 0.778 e. The van der Waals surface area contributed by atoms with E-state index in [0.29, 0.717) is 31.9 Å². The SMILES string of the molecule is C.C.Clc1ncc(I)c2nccn12.N[C@@H]1c2nccnc2CC12CCN(c1ncc(I)c3nccn13)CC2.N[C@@H]1c2nccnc2CC12CCNCC2.Nc1nccc(Sc2cnc(N3CCC4(CC3)Cc3nccnc3[C@H]4N)n3cnnc23)c1Cl.Nc1nccc([S-])c1Cl.[B][B][B].[Na+]. The standard InChI is InChI=1S/C21H21ClN10S.C17H18IN7.C11H16N4.C6H3ClIN3.C5H5ClN2S.2CH4.B3.Na/c22-15-13(1-4-27-18(15)24)33-14-10-28-20(32-11-29-30-19(14)32)31-7-2-21(3-8-31)9-12-16(17(21)23)26-6-5-25-12;18-11-10-23-16(25-8-5-22-15(11)25)24-6-1-17(2-7-24)9-12-13(14(17)19)21-4-3-20-12;12-10-9-8(14-5-6-15-9)7-11(10)1-3-13-4-2-11;7-6-10-3-4(8)5-9-1-2-11(5)6;6-4-3(9)1-2-8-5(4)7;;;1-3-2;/h1,4-6,10-11,17H,2-3,7-9,23H2,(H2,24,27);3-5,8,10,14H,1-2,6-7,9,19H2;5-6,10,13H,1-4,7,12H2;1-3H;1-2H,(H3,7,8,9);2*1H4;;/q;;;;;;;;+1/p-1/t17-;14-;10-;;;;;;/m111....../s1. The van der Waals surface area contributed by atoms with Crippen LogP contribution in [-0.4, -0.2) is 150 Å². The van der Waals surface area contributed by atoms with Gasteiger partial charge in [-0.15, -0.1) is 10.2 Å². The van der Waals surface area contributed by atoms with Crippen LogP contribution < -0.4 is 73.3 Å². The summed E-state index contributed by atoms with van der Waals surface area (Å²) in [5, 5.41) is 13.1. The van der Waals surface area contributed by atoms with Crippen molar-refractivity contribution in [1.29, 1.82) is 0 Å².